The second-order valence-corrected chi connectivity index (χ2v) is 9.50. The Morgan fingerprint density at radius 2 is 1.93 bits per heavy atom. The molecule has 9 heteroatoms. The third kappa shape index (κ3) is 3.96. The average Bonchev–Trinajstić information content (AvgIpc) is 3.08. The first-order chi connectivity index (χ1) is 14.3. The number of benzene rings is 2. The number of hydrogen-bond donors (Lipinski definition) is 2. The summed E-state index contributed by atoms with van der Waals surface area (Å²) in [5.41, 5.74) is 3.63. The Kier molecular flexibility index (Phi) is 5.59. The van der Waals surface area contributed by atoms with E-state index in [0.717, 1.165) is 16.8 Å². The summed E-state index contributed by atoms with van der Waals surface area (Å²) in [6, 6.07) is 15.2. The Hall–Kier alpha value is -2.75. The van der Waals surface area contributed by atoms with Crippen LogP contribution in [-0.2, 0) is 15.8 Å². The Morgan fingerprint density at radius 3 is 2.53 bits per heavy atom. The van der Waals surface area contributed by atoms with Crippen LogP contribution in [0.25, 0.3) is 11.1 Å². The van der Waals surface area contributed by atoms with Crippen molar-refractivity contribution in [1.29, 1.82) is 0 Å². The van der Waals surface area contributed by atoms with Gasteiger partial charge in [0.25, 0.3) is 0 Å². The van der Waals surface area contributed by atoms with Gasteiger partial charge in [0, 0.05) is 25.8 Å². The lowest BCUT2D eigenvalue weighted by Gasteiger charge is -2.41. The number of hydrogen-bond acceptors (Lipinski definition) is 6. The SMILES string of the molecule is Cc1nc(N(C)C(=O)C2CN(c3ccc(-c4cccc(O)c4)cc3)C2)sc1S(N)=O. The number of rotatable bonds is 5. The third-order valence-electron chi connectivity index (χ3n) is 5.19. The molecule has 1 aliphatic rings. The van der Waals surface area contributed by atoms with E-state index in [2.05, 4.69) is 9.88 Å². The summed E-state index contributed by atoms with van der Waals surface area (Å²) in [5.74, 6) is 0.118. The van der Waals surface area contributed by atoms with Gasteiger partial charge >= 0.3 is 0 Å². The van der Waals surface area contributed by atoms with Crippen LogP contribution in [0.1, 0.15) is 5.69 Å². The molecule has 0 aliphatic carbocycles. The second-order valence-electron chi connectivity index (χ2n) is 7.26. The van der Waals surface area contributed by atoms with Crippen molar-refractivity contribution in [1.82, 2.24) is 4.98 Å². The van der Waals surface area contributed by atoms with Crippen LogP contribution in [0.5, 0.6) is 5.75 Å². The minimum Gasteiger partial charge on any atom is -0.508 e. The first-order valence-electron chi connectivity index (χ1n) is 9.39. The number of nitrogens with two attached hydrogens (primary N) is 1. The number of aromatic nitrogens is 1. The minimum atomic E-state index is -1.60. The smallest absolute Gasteiger partial charge is 0.235 e. The van der Waals surface area contributed by atoms with E-state index in [1.54, 1.807) is 26.1 Å². The number of amides is 1. The number of anilines is 2. The molecule has 1 aliphatic heterocycles. The number of phenolic OH excluding ortho intramolecular Hbond substituents is 1. The fourth-order valence-electron chi connectivity index (χ4n) is 3.46. The first kappa shape index (κ1) is 20.5. The van der Waals surface area contributed by atoms with Gasteiger partial charge in [0.05, 0.1) is 11.6 Å². The van der Waals surface area contributed by atoms with Crippen LogP contribution in [-0.4, -0.2) is 40.3 Å². The van der Waals surface area contributed by atoms with Gasteiger partial charge in [-0.2, -0.15) is 0 Å². The molecule has 4 rings (SSSR count). The molecule has 3 N–H and O–H groups in total. The average molecular weight is 443 g/mol. The Morgan fingerprint density at radius 1 is 1.23 bits per heavy atom. The van der Waals surface area contributed by atoms with Gasteiger partial charge in [0.15, 0.2) is 5.13 Å². The van der Waals surface area contributed by atoms with E-state index < -0.39 is 11.0 Å². The van der Waals surface area contributed by atoms with Gasteiger partial charge in [-0.05, 0) is 42.3 Å². The molecular formula is C21H22N4O3S2. The number of aryl methyl sites for hydroxylation is 1. The van der Waals surface area contributed by atoms with E-state index >= 15 is 0 Å². The van der Waals surface area contributed by atoms with Crippen molar-refractivity contribution in [2.45, 2.75) is 11.1 Å². The number of carbonyl (C=O) groups is 1. The van der Waals surface area contributed by atoms with Crippen LogP contribution in [0, 0.1) is 12.8 Å². The van der Waals surface area contributed by atoms with Crippen molar-refractivity contribution in [3.05, 3.63) is 54.2 Å². The Bertz CT molecular complexity index is 1110. The summed E-state index contributed by atoms with van der Waals surface area (Å²) < 4.78 is 12.0. The lowest BCUT2D eigenvalue weighted by Crippen LogP contribution is -2.54. The molecule has 1 fully saturated rings. The molecule has 0 saturated carbocycles. The summed E-state index contributed by atoms with van der Waals surface area (Å²) in [6.07, 6.45) is 0. The van der Waals surface area contributed by atoms with Crippen molar-refractivity contribution in [2.75, 3.05) is 29.9 Å². The topological polar surface area (TPSA) is 99.8 Å². The molecule has 0 spiro atoms. The lowest BCUT2D eigenvalue weighted by atomic mass is 9.97. The van der Waals surface area contributed by atoms with Gasteiger partial charge in [-0.15, -0.1) is 0 Å². The first-order valence-corrected chi connectivity index (χ1v) is 11.4. The molecule has 30 heavy (non-hydrogen) atoms. The predicted octanol–water partition coefficient (Wildman–Crippen LogP) is 2.90. The van der Waals surface area contributed by atoms with E-state index in [-0.39, 0.29) is 17.6 Å². The van der Waals surface area contributed by atoms with Crippen molar-refractivity contribution in [3.8, 4) is 16.9 Å². The van der Waals surface area contributed by atoms with Crippen molar-refractivity contribution in [2.24, 2.45) is 11.1 Å². The number of nitrogens with zero attached hydrogens (tertiary/aromatic N) is 3. The molecule has 156 valence electrons. The van der Waals surface area contributed by atoms with Gasteiger partial charge in [-0.1, -0.05) is 35.6 Å². The highest BCUT2D eigenvalue weighted by Crippen LogP contribution is 2.32. The molecular weight excluding hydrogens is 420 g/mol. The normalized spacial score (nSPS) is 15.0. The van der Waals surface area contributed by atoms with E-state index in [1.165, 1.54) is 16.2 Å². The van der Waals surface area contributed by atoms with Crippen LogP contribution in [0.2, 0.25) is 0 Å². The standard InChI is InChI=1S/C21H22N4O3S2/c1-13-20(30(22)28)29-21(23-13)24(2)19(27)16-11-25(12-16)17-8-6-14(7-9-17)15-4-3-5-18(26)10-15/h3-10,16,26H,11-12,22H2,1-2H3. The molecule has 2 heterocycles. The number of thiazole rings is 1. The van der Waals surface area contributed by atoms with Crippen LogP contribution in [0.15, 0.2) is 52.7 Å². The van der Waals surface area contributed by atoms with E-state index in [4.69, 9.17) is 5.14 Å². The molecule has 0 bridgehead atoms. The highest BCUT2D eigenvalue weighted by molar-refractivity contribution is 7.85. The molecule has 1 saturated heterocycles. The molecule has 7 nitrogen and oxygen atoms in total. The monoisotopic (exact) mass is 442 g/mol. The van der Waals surface area contributed by atoms with Crippen LogP contribution in [0.4, 0.5) is 10.8 Å². The van der Waals surface area contributed by atoms with Crippen molar-refractivity contribution in [3.63, 3.8) is 0 Å². The minimum absolute atomic E-state index is 0.00858. The summed E-state index contributed by atoms with van der Waals surface area (Å²) in [7, 11) is 0.0910. The Labute approximate surface area is 181 Å². The number of carbonyl (C=O) groups excluding carboxylic acids is 1. The van der Waals surface area contributed by atoms with E-state index in [1.807, 2.05) is 36.4 Å². The van der Waals surface area contributed by atoms with Crippen LogP contribution >= 0.6 is 11.3 Å². The van der Waals surface area contributed by atoms with Gasteiger partial charge in [0.2, 0.25) is 5.91 Å². The van der Waals surface area contributed by atoms with Gasteiger partial charge in [-0.3, -0.25) is 9.69 Å². The molecule has 3 aromatic rings. The van der Waals surface area contributed by atoms with Crippen LogP contribution in [0.3, 0.4) is 0 Å². The largest absolute Gasteiger partial charge is 0.508 e. The zero-order chi connectivity index (χ0) is 21.4. The zero-order valence-corrected chi connectivity index (χ0v) is 18.2. The molecule has 1 atom stereocenters. The van der Waals surface area contributed by atoms with Gasteiger partial charge in [-0.25, -0.2) is 14.3 Å². The second kappa shape index (κ2) is 8.17. The maximum Gasteiger partial charge on any atom is 0.235 e. The molecule has 0 radical (unpaired) electrons. The quantitative estimate of drug-likeness (QED) is 0.633. The van der Waals surface area contributed by atoms with Crippen LogP contribution < -0.4 is 14.9 Å². The lowest BCUT2D eigenvalue weighted by molar-refractivity contribution is -0.122. The molecule has 1 unspecified atom stereocenters. The summed E-state index contributed by atoms with van der Waals surface area (Å²) in [5, 5.41) is 15.6. The molecule has 1 amide bonds. The maximum absolute atomic E-state index is 12.8. The highest BCUT2D eigenvalue weighted by atomic mass is 32.2. The highest BCUT2D eigenvalue weighted by Gasteiger charge is 2.35. The summed E-state index contributed by atoms with van der Waals surface area (Å²) in [6.45, 7) is 3.01. The van der Waals surface area contributed by atoms with Gasteiger partial charge < -0.3 is 10.0 Å². The van der Waals surface area contributed by atoms with E-state index in [9.17, 15) is 14.1 Å². The Balaban J connectivity index is 1.39. The fraction of sp³-hybridized carbons (Fsp3) is 0.238. The van der Waals surface area contributed by atoms with Gasteiger partial charge in [0.1, 0.15) is 20.9 Å². The molecule has 1 aromatic heterocycles. The zero-order valence-electron chi connectivity index (χ0n) is 16.6. The van der Waals surface area contributed by atoms with E-state index in [0.29, 0.717) is 28.1 Å². The fourth-order valence-corrected chi connectivity index (χ4v) is 5.12. The molecule has 2 aromatic carbocycles. The number of aromatic hydroxyl groups is 1. The van der Waals surface area contributed by atoms with Crippen molar-refractivity contribution >= 4 is 39.0 Å². The summed E-state index contributed by atoms with van der Waals surface area (Å²) >= 11 is 1.19. The maximum atomic E-state index is 12.8. The predicted molar refractivity (Wildman–Crippen MR) is 120 cm³/mol. The third-order valence-corrected chi connectivity index (χ3v) is 7.62. The van der Waals surface area contributed by atoms with Crippen molar-refractivity contribution < 1.29 is 14.1 Å². The summed E-state index contributed by atoms with van der Waals surface area (Å²) in [4.78, 5) is 20.8. The number of phenols is 1.